The monoisotopic (exact) mass is 573 g/mol. The fourth-order valence-electron chi connectivity index (χ4n) is 4.98. The summed E-state index contributed by atoms with van der Waals surface area (Å²) in [4.78, 5) is 40.5. The molecule has 2 saturated heterocycles. The van der Waals surface area contributed by atoms with Crippen LogP contribution in [0.5, 0.6) is 11.5 Å². The van der Waals surface area contributed by atoms with Crippen molar-refractivity contribution in [2.45, 2.75) is 38.1 Å². The maximum absolute atomic E-state index is 12.8. The summed E-state index contributed by atoms with van der Waals surface area (Å²) in [5.74, 6) is 1.01. The Labute approximate surface area is 244 Å². The maximum Gasteiger partial charge on any atom is 0.227 e. The van der Waals surface area contributed by atoms with Crippen LogP contribution in [0.25, 0.3) is 10.9 Å². The molecular weight excluding hydrogens is 538 g/mol. The number of hydrogen-bond donors (Lipinski definition) is 3. The third-order valence-electron chi connectivity index (χ3n) is 6.77. The maximum atomic E-state index is 12.8. The first kappa shape index (κ1) is 30.2. The summed E-state index contributed by atoms with van der Waals surface area (Å²) in [5.41, 5.74) is 7.12. The molecule has 42 heavy (non-hydrogen) atoms. The molecular formula is C31H35N5O6. The van der Waals surface area contributed by atoms with E-state index in [0.29, 0.717) is 39.1 Å². The van der Waals surface area contributed by atoms with Gasteiger partial charge in [0.25, 0.3) is 0 Å². The molecule has 0 bridgehead atoms. The number of ether oxygens (including phenoxy) is 3. The van der Waals surface area contributed by atoms with Crippen molar-refractivity contribution in [1.29, 1.82) is 0 Å². The molecule has 2 aromatic carbocycles. The number of benzene rings is 2. The number of aromatic nitrogens is 2. The lowest BCUT2D eigenvalue weighted by atomic mass is 10.1. The standard InChI is InChI=1S/C21H23NO4.C9H9N3O.CH3NO/c1-16-14-21(24-10-11-25-21)15-22(16)20(23)13-17-6-5-9-19(12-17)26-18-7-3-2-4-8-18;13-6-11-5-8-3-7-4-10-2-1-9(7)12-8;2-1-3/h2-9,12,16H,10-11,13-15H2,1H3;1-4,6,12H,5H2,(H,11,13);1H,(H2,2,3). The largest absolute Gasteiger partial charge is 0.457 e. The number of nitrogens with zero attached hydrogens (tertiary/aromatic N) is 2. The van der Waals surface area contributed by atoms with Gasteiger partial charge in [-0.2, -0.15) is 0 Å². The van der Waals surface area contributed by atoms with E-state index in [2.05, 4.69) is 21.0 Å². The minimum Gasteiger partial charge on any atom is -0.457 e. The number of likely N-dealkylation sites (tertiary alicyclic amines) is 1. The van der Waals surface area contributed by atoms with E-state index >= 15 is 0 Å². The highest BCUT2D eigenvalue weighted by atomic mass is 16.7. The number of aromatic amines is 1. The van der Waals surface area contributed by atoms with Crippen molar-refractivity contribution in [3.05, 3.63) is 90.4 Å². The highest BCUT2D eigenvalue weighted by Crippen LogP contribution is 2.35. The zero-order valence-corrected chi connectivity index (χ0v) is 23.4. The van der Waals surface area contributed by atoms with Crippen LogP contribution in [-0.4, -0.2) is 65.2 Å². The average Bonchev–Trinajstić information content (AvgIpc) is 3.71. The molecule has 6 rings (SSSR count). The van der Waals surface area contributed by atoms with E-state index in [-0.39, 0.29) is 18.4 Å². The van der Waals surface area contributed by atoms with Crippen LogP contribution >= 0.6 is 0 Å². The SMILES string of the molecule is CC1CC2(CN1C(=O)Cc1cccc(Oc3ccccc3)c1)OCCO2.NC=O.O=CNCc1cc2cnccc2[nH]1. The first-order valence-electron chi connectivity index (χ1n) is 13.6. The van der Waals surface area contributed by atoms with Crippen molar-refractivity contribution in [1.82, 2.24) is 20.2 Å². The fourth-order valence-corrected chi connectivity index (χ4v) is 4.98. The van der Waals surface area contributed by atoms with Gasteiger partial charge in [0, 0.05) is 41.5 Å². The lowest BCUT2D eigenvalue weighted by Gasteiger charge is -2.23. The minimum atomic E-state index is -0.590. The molecule has 2 aliphatic heterocycles. The van der Waals surface area contributed by atoms with E-state index in [1.807, 2.05) is 78.6 Å². The number of nitrogens with one attached hydrogen (secondary N) is 2. The van der Waals surface area contributed by atoms with Crippen molar-refractivity contribution >= 4 is 29.6 Å². The molecule has 4 N–H and O–H groups in total. The quantitative estimate of drug-likeness (QED) is 0.287. The number of hydrogen-bond acceptors (Lipinski definition) is 7. The van der Waals surface area contributed by atoms with Gasteiger partial charge in [-0.15, -0.1) is 0 Å². The summed E-state index contributed by atoms with van der Waals surface area (Å²) in [6, 6.07) is 21.3. The van der Waals surface area contributed by atoms with E-state index < -0.39 is 5.79 Å². The van der Waals surface area contributed by atoms with E-state index in [4.69, 9.17) is 19.0 Å². The van der Waals surface area contributed by atoms with Crippen molar-refractivity contribution in [3.8, 4) is 11.5 Å². The Morgan fingerprint density at radius 2 is 1.86 bits per heavy atom. The number of H-pyrrole nitrogens is 1. The van der Waals surface area contributed by atoms with Gasteiger partial charge >= 0.3 is 0 Å². The lowest BCUT2D eigenvalue weighted by molar-refractivity contribution is -0.152. The third kappa shape index (κ3) is 8.15. The molecule has 2 fully saturated rings. The van der Waals surface area contributed by atoms with Crippen LogP contribution in [0.15, 0.2) is 79.1 Å². The van der Waals surface area contributed by atoms with Gasteiger partial charge in [0.1, 0.15) is 11.5 Å². The van der Waals surface area contributed by atoms with Gasteiger partial charge in [-0.25, -0.2) is 0 Å². The van der Waals surface area contributed by atoms with Gasteiger partial charge in [0.15, 0.2) is 5.79 Å². The summed E-state index contributed by atoms with van der Waals surface area (Å²) in [7, 11) is 0. The molecule has 2 aromatic heterocycles. The Balaban J connectivity index is 0.000000211. The van der Waals surface area contributed by atoms with Gasteiger partial charge in [-0.05, 0) is 48.9 Å². The van der Waals surface area contributed by atoms with Gasteiger partial charge in [-0.3, -0.25) is 19.4 Å². The summed E-state index contributed by atoms with van der Waals surface area (Å²) in [5, 5.41) is 3.65. The van der Waals surface area contributed by atoms with Crippen molar-refractivity contribution in [2.75, 3.05) is 19.8 Å². The molecule has 1 spiro atoms. The first-order valence-corrected chi connectivity index (χ1v) is 13.6. The predicted molar refractivity (Wildman–Crippen MR) is 156 cm³/mol. The molecule has 2 aliphatic rings. The number of carbonyl (C=O) groups excluding carboxylic acids is 3. The Morgan fingerprint density at radius 1 is 1.12 bits per heavy atom. The summed E-state index contributed by atoms with van der Waals surface area (Å²) in [6.45, 7) is 4.29. The predicted octanol–water partition coefficient (Wildman–Crippen LogP) is 3.30. The molecule has 0 saturated carbocycles. The number of rotatable bonds is 7. The topological polar surface area (TPSA) is 149 Å². The molecule has 1 atom stereocenters. The second-order valence-corrected chi connectivity index (χ2v) is 9.81. The molecule has 11 nitrogen and oxygen atoms in total. The van der Waals surface area contributed by atoms with Crippen LogP contribution in [0.2, 0.25) is 0 Å². The van der Waals surface area contributed by atoms with Crippen LogP contribution in [0.4, 0.5) is 0 Å². The zero-order chi connectivity index (χ0) is 29.8. The van der Waals surface area contributed by atoms with Crippen LogP contribution in [0.1, 0.15) is 24.6 Å². The van der Waals surface area contributed by atoms with Gasteiger partial charge in [-0.1, -0.05) is 30.3 Å². The third-order valence-corrected chi connectivity index (χ3v) is 6.77. The van der Waals surface area contributed by atoms with E-state index in [1.165, 1.54) is 0 Å². The smallest absolute Gasteiger partial charge is 0.227 e. The van der Waals surface area contributed by atoms with Crippen LogP contribution in [0, 0.1) is 0 Å². The van der Waals surface area contributed by atoms with E-state index in [0.717, 1.165) is 40.1 Å². The number of carbonyl (C=O) groups is 3. The second-order valence-electron chi connectivity index (χ2n) is 9.81. The number of primary amides is 1. The normalized spacial score (nSPS) is 16.6. The zero-order valence-electron chi connectivity index (χ0n) is 23.4. The Morgan fingerprint density at radius 3 is 2.57 bits per heavy atom. The Bertz CT molecular complexity index is 1420. The van der Waals surface area contributed by atoms with Crippen LogP contribution < -0.4 is 15.8 Å². The van der Waals surface area contributed by atoms with E-state index in [9.17, 15) is 9.59 Å². The molecule has 4 aromatic rings. The number of nitrogens with two attached hydrogens (primary N) is 1. The summed E-state index contributed by atoms with van der Waals surface area (Å²) >= 11 is 0. The van der Waals surface area contributed by atoms with Crippen LogP contribution in [0.3, 0.4) is 0 Å². The molecule has 11 heteroatoms. The molecule has 220 valence electrons. The molecule has 4 heterocycles. The highest BCUT2D eigenvalue weighted by molar-refractivity contribution is 5.80. The average molecular weight is 574 g/mol. The fraction of sp³-hybridized carbons (Fsp3) is 0.290. The summed E-state index contributed by atoms with van der Waals surface area (Å²) < 4.78 is 17.4. The van der Waals surface area contributed by atoms with Gasteiger partial charge in [0.05, 0.1) is 32.7 Å². The Kier molecular flexibility index (Phi) is 10.6. The molecule has 0 radical (unpaired) electrons. The number of amides is 3. The molecule has 1 unspecified atom stereocenters. The minimum absolute atomic E-state index is 0.0883. The second kappa shape index (κ2) is 14.8. The molecule has 0 aliphatic carbocycles. The first-order chi connectivity index (χ1) is 20.4. The lowest BCUT2D eigenvalue weighted by Crippen LogP contribution is -2.38. The van der Waals surface area contributed by atoms with E-state index in [1.54, 1.807) is 12.4 Å². The molecule has 3 amide bonds. The van der Waals surface area contributed by atoms with Crippen molar-refractivity contribution < 1.29 is 28.6 Å². The number of para-hydroxylation sites is 1. The summed E-state index contributed by atoms with van der Waals surface area (Å²) in [6.07, 6.45) is 5.53. The van der Waals surface area contributed by atoms with Gasteiger partial charge < -0.3 is 35.1 Å². The highest BCUT2D eigenvalue weighted by Gasteiger charge is 2.48. The number of pyridine rings is 1. The van der Waals surface area contributed by atoms with Crippen LogP contribution in [-0.2, 0) is 36.8 Å². The number of fused-ring (bicyclic) bond motifs is 1. The van der Waals surface area contributed by atoms with Gasteiger partial charge in [0.2, 0.25) is 18.7 Å². The Hall–Kier alpha value is -4.74. The van der Waals surface area contributed by atoms with Crippen molar-refractivity contribution in [3.63, 3.8) is 0 Å². The van der Waals surface area contributed by atoms with Crippen molar-refractivity contribution in [2.24, 2.45) is 5.73 Å².